The highest BCUT2D eigenvalue weighted by atomic mass is 19.1. The van der Waals surface area contributed by atoms with Crippen molar-refractivity contribution in [3.63, 3.8) is 0 Å². The van der Waals surface area contributed by atoms with Crippen LogP contribution < -0.4 is 0 Å². The summed E-state index contributed by atoms with van der Waals surface area (Å²) in [5.41, 5.74) is 1.01. The first-order valence-electron chi connectivity index (χ1n) is 6.58. The van der Waals surface area contributed by atoms with Crippen LogP contribution in [0.2, 0.25) is 0 Å². The molecule has 2 rings (SSSR count). The van der Waals surface area contributed by atoms with E-state index < -0.39 is 0 Å². The number of halogens is 1. The summed E-state index contributed by atoms with van der Waals surface area (Å²) < 4.78 is 12.9. The Morgan fingerprint density at radius 1 is 1.15 bits per heavy atom. The van der Waals surface area contributed by atoms with E-state index in [0.717, 1.165) is 13.1 Å². The number of benzene rings is 1. The van der Waals surface area contributed by atoms with Crippen molar-refractivity contribution in [2.45, 2.75) is 19.3 Å². The zero-order valence-corrected chi connectivity index (χ0v) is 11.1. The third kappa shape index (κ3) is 4.15. The molecule has 1 saturated heterocycles. The van der Waals surface area contributed by atoms with Gasteiger partial charge in [-0.2, -0.15) is 0 Å². The molecule has 1 aliphatic heterocycles. The monoisotopic (exact) mass is 276 g/mol. The lowest BCUT2D eigenvalue weighted by Crippen LogP contribution is -2.28. The number of hydrogen-bond donors (Lipinski definition) is 1. The van der Waals surface area contributed by atoms with E-state index in [2.05, 4.69) is 20.3 Å². The summed E-state index contributed by atoms with van der Waals surface area (Å²) in [6, 6.07) is 5.77. The second-order valence-corrected chi connectivity index (χ2v) is 4.56. The fourth-order valence-corrected chi connectivity index (χ4v) is 2.03. The van der Waals surface area contributed by atoms with E-state index in [1.807, 2.05) is 0 Å². The van der Waals surface area contributed by atoms with Gasteiger partial charge in [0.1, 0.15) is 17.9 Å². The number of oxime groups is 1. The number of likely N-dealkylation sites (tertiary alicyclic amines) is 1. The first-order valence-corrected chi connectivity index (χ1v) is 6.58. The van der Waals surface area contributed by atoms with Crippen molar-refractivity contribution in [3.05, 3.63) is 35.6 Å². The van der Waals surface area contributed by atoms with Crippen LogP contribution in [0, 0.1) is 5.82 Å². The Morgan fingerprint density at radius 2 is 1.85 bits per heavy atom. The van der Waals surface area contributed by atoms with Crippen molar-refractivity contribution >= 4 is 18.3 Å². The van der Waals surface area contributed by atoms with Gasteiger partial charge in [0.15, 0.2) is 0 Å². The summed E-state index contributed by atoms with van der Waals surface area (Å²) in [6.45, 7) is 1.97. The topological polar surface area (TPSA) is 60.6 Å². The van der Waals surface area contributed by atoms with Gasteiger partial charge in [0.2, 0.25) is 0 Å². The van der Waals surface area contributed by atoms with Crippen LogP contribution in [-0.2, 0) is 0 Å². The van der Waals surface area contributed by atoms with Crippen molar-refractivity contribution < 1.29 is 9.60 Å². The number of hydrogen-bond acceptors (Lipinski definition) is 4. The average Bonchev–Trinajstić information content (AvgIpc) is 2.48. The molecule has 0 aliphatic carbocycles. The van der Waals surface area contributed by atoms with Crippen molar-refractivity contribution in [3.8, 4) is 0 Å². The first kappa shape index (κ1) is 14.2. The van der Waals surface area contributed by atoms with Crippen LogP contribution in [0.5, 0.6) is 0 Å². The van der Waals surface area contributed by atoms with E-state index in [1.165, 1.54) is 37.6 Å². The molecule has 1 fully saturated rings. The van der Waals surface area contributed by atoms with Crippen LogP contribution in [0.15, 0.2) is 39.6 Å². The van der Waals surface area contributed by atoms with E-state index in [4.69, 9.17) is 5.21 Å². The van der Waals surface area contributed by atoms with Crippen LogP contribution in [0.1, 0.15) is 24.8 Å². The second kappa shape index (κ2) is 7.37. The largest absolute Gasteiger partial charge is 0.411 e. The lowest BCUT2D eigenvalue weighted by molar-refractivity contribution is 0.322. The number of nitrogens with zero attached hydrogens (tertiary/aromatic N) is 4. The summed E-state index contributed by atoms with van der Waals surface area (Å²) in [6.07, 6.45) is 6.46. The molecular formula is C14H17FN4O. The summed E-state index contributed by atoms with van der Waals surface area (Å²) in [4.78, 5) is 2.10. The highest BCUT2D eigenvalue weighted by Gasteiger charge is 2.06. The van der Waals surface area contributed by atoms with Crippen molar-refractivity contribution in [1.82, 2.24) is 4.90 Å². The molecule has 1 aromatic carbocycles. The number of piperidine rings is 1. The molecule has 6 heteroatoms. The Hall–Kier alpha value is -2.24. The molecule has 1 N–H and O–H groups in total. The van der Waals surface area contributed by atoms with Gasteiger partial charge < -0.3 is 10.1 Å². The Kier molecular flexibility index (Phi) is 5.23. The van der Waals surface area contributed by atoms with E-state index in [0.29, 0.717) is 11.3 Å². The molecule has 0 bridgehead atoms. The van der Waals surface area contributed by atoms with E-state index in [-0.39, 0.29) is 5.82 Å². The maximum atomic E-state index is 12.9. The highest BCUT2D eigenvalue weighted by Crippen LogP contribution is 2.07. The SMILES string of the molecule is O\N=C/C(=N/N=C\N1CCCCC1)c1ccc(F)cc1. The molecule has 1 aliphatic rings. The van der Waals surface area contributed by atoms with Crippen LogP contribution >= 0.6 is 0 Å². The first-order chi connectivity index (χ1) is 9.79. The fourth-order valence-electron chi connectivity index (χ4n) is 2.03. The molecule has 106 valence electrons. The summed E-state index contributed by atoms with van der Waals surface area (Å²) in [5.74, 6) is -0.328. The van der Waals surface area contributed by atoms with E-state index in [9.17, 15) is 4.39 Å². The predicted molar refractivity (Wildman–Crippen MR) is 77.1 cm³/mol. The minimum absolute atomic E-state index is 0.328. The van der Waals surface area contributed by atoms with Crippen molar-refractivity contribution in [2.24, 2.45) is 15.4 Å². The molecule has 0 spiro atoms. The smallest absolute Gasteiger partial charge is 0.123 e. The van der Waals surface area contributed by atoms with Crippen molar-refractivity contribution in [1.29, 1.82) is 0 Å². The van der Waals surface area contributed by atoms with Gasteiger partial charge in [-0.1, -0.05) is 5.16 Å². The fraction of sp³-hybridized carbons (Fsp3) is 0.357. The molecule has 0 radical (unpaired) electrons. The Bertz CT molecular complexity index is 504. The van der Waals surface area contributed by atoms with Gasteiger partial charge in [0.05, 0.1) is 6.21 Å². The molecule has 5 nitrogen and oxygen atoms in total. The van der Waals surface area contributed by atoms with Gasteiger partial charge in [0.25, 0.3) is 0 Å². The molecule has 0 atom stereocenters. The third-order valence-corrected chi connectivity index (χ3v) is 3.09. The molecule has 0 amide bonds. The quantitative estimate of drug-likeness (QED) is 0.397. The number of rotatable bonds is 4. The lowest BCUT2D eigenvalue weighted by atomic mass is 10.1. The Balaban J connectivity index is 2.09. The lowest BCUT2D eigenvalue weighted by Gasteiger charge is -2.23. The maximum absolute atomic E-state index is 12.9. The van der Waals surface area contributed by atoms with Gasteiger partial charge in [-0.05, 0) is 43.5 Å². The van der Waals surface area contributed by atoms with Crippen molar-refractivity contribution in [2.75, 3.05) is 13.1 Å². The van der Waals surface area contributed by atoms with Crippen LogP contribution in [0.25, 0.3) is 0 Å². The molecule has 0 unspecified atom stereocenters. The van der Waals surface area contributed by atoms with Crippen LogP contribution in [0.4, 0.5) is 4.39 Å². The normalized spacial score (nSPS) is 17.2. The van der Waals surface area contributed by atoms with Gasteiger partial charge in [-0.3, -0.25) is 0 Å². The summed E-state index contributed by atoms with van der Waals surface area (Å²) in [7, 11) is 0. The highest BCUT2D eigenvalue weighted by molar-refractivity contribution is 6.38. The molecule has 1 aromatic rings. The van der Waals surface area contributed by atoms with Gasteiger partial charge >= 0.3 is 0 Å². The standard InChI is InChI=1S/C14H17FN4O/c15-13-6-4-12(5-7-13)14(10-17-20)18-16-11-19-8-2-1-3-9-19/h4-7,10-11,20H,1-3,8-9H2/b16-11-,17-10-,18-14-. The Morgan fingerprint density at radius 3 is 2.50 bits per heavy atom. The minimum Gasteiger partial charge on any atom is -0.411 e. The Labute approximate surface area is 117 Å². The predicted octanol–water partition coefficient (Wildman–Crippen LogP) is 2.50. The average molecular weight is 276 g/mol. The molecule has 1 heterocycles. The maximum Gasteiger partial charge on any atom is 0.123 e. The van der Waals surface area contributed by atoms with E-state index in [1.54, 1.807) is 18.5 Å². The molecular weight excluding hydrogens is 259 g/mol. The zero-order valence-electron chi connectivity index (χ0n) is 11.1. The molecule has 20 heavy (non-hydrogen) atoms. The van der Waals surface area contributed by atoms with Crippen LogP contribution in [-0.4, -0.2) is 41.5 Å². The van der Waals surface area contributed by atoms with Gasteiger partial charge in [0, 0.05) is 18.7 Å². The minimum atomic E-state index is -0.328. The van der Waals surface area contributed by atoms with E-state index >= 15 is 0 Å². The van der Waals surface area contributed by atoms with Crippen LogP contribution in [0.3, 0.4) is 0 Å². The summed E-state index contributed by atoms with van der Waals surface area (Å²) in [5, 5.41) is 19.6. The molecule has 0 aromatic heterocycles. The van der Waals surface area contributed by atoms with Gasteiger partial charge in [-0.15, -0.1) is 10.2 Å². The summed E-state index contributed by atoms with van der Waals surface area (Å²) >= 11 is 0. The molecule has 0 saturated carbocycles. The zero-order chi connectivity index (χ0) is 14.2. The third-order valence-electron chi connectivity index (χ3n) is 3.09. The second-order valence-electron chi connectivity index (χ2n) is 4.56. The van der Waals surface area contributed by atoms with Gasteiger partial charge in [-0.25, -0.2) is 4.39 Å².